The summed E-state index contributed by atoms with van der Waals surface area (Å²) in [4.78, 5) is 11.9. The maximum absolute atomic E-state index is 11.9. The molecule has 1 atom stereocenters. The van der Waals surface area contributed by atoms with E-state index in [-0.39, 0.29) is 11.0 Å². The van der Waals surface area contributed by atoms with Gasteiger partial charge in [0.25, 0.3) is 14.3 Å². The van der Waals surface area contributed by atoms with E-state index in [2.05, 4.69) is 33.9 Å². The first-order valence-corrected chi connectivity index (χ1v) is 12.5. The van der Waals surface area contributed by atoms with Crippen LogP contribution in [0.3, 0.4) is 0 Å². The smallest absolute Gasteiger partial charge is 0.292 e. The van der Waals surface area contributed by atoms with Crippen molar-refractivity contribution in [2.45, 2.75) is 76.3 Å². The average molecular weight is 321 g/mol. The van der Waals surface area contributed by atoms with Crippen LogP contribution in [0.2, 0.25) is 18.1 Å². The number of rotatable bonds is 6. The van der Waals surface area contributed by atoms with Crippen molar-refractivity contribution in [2.75, 3.05) is 5.75 Å². The number of carbonyl (C=O) groups excluding carboxylic acids is 1. The summed E-state index contributed by atoms with van der Waals surface area (Å²) in [5.41, 5.74) is 0. The van der Waals surface area contributed by atoms with Gasteiger partial charge < -0.3 is 4.43 Å². The van der Waals surface area contributed by atoms with Crippen molar-refractivity contribution in [3.63, 3.8) is 0 Å². The van der Waals surface area contributed by atoms with Crippen LogP contribution >= 0.6 is 21.6 Å². The fraction of sp³-hybridized carbons (Fsp3) is 0.929. The molecule has 0 saturated carbocycles. The molecular formula is C14H28O2S2Si. The van der Waals surface area contributed by atoms with E-state index in [9.17, 15) is 4.79 Å². The topological polar surface area (TPSA) is 26.3 Å². The molecule has 1 saturated heterocycles. The van der Waals surface area contributed by atoms with Crippen LogP contribution in [0.15, 0.2) is 0 Å². The molecule has 0 bridgehead atoms. The van der Waals surface area contributed by atoms with E-state index in [1.165, 1.54) is 18.6 Å². The summed E-state index contributed by atoms with van der Waals surface area (Å²) in [5, 5.41) is 0.932. The fourth-order valence-electron chi connectivity index (χ4n) is 1.69. The second kappa shape index (κ2) is 7.41. The van der Waals surface area contributed by atoms with Crippen molar-refractivity contribution >= 4 is 35.9 Å². The number of hydrogen-bond donors (Lipinski definition) is 0. The summed E-state index contributed by atoms with van der Waals surface area (Å²) >= 11 is 0. The highest BCUT2D eigenvalue weighted by molar-refractivity contribution is 8.77. The van der Waals surface area contributed by atoms with Crippen LogP contribution < -0.4 is 0 Å². The van der Waals surface area contributed by atoms with E-state index in [1.54, 1.807) is 0 Å². The van der Waals surface area contributed by atoms with E-state index in [1.807, 2.05) is 21.6 Å². The maximum Gasteiger partial charge on any atom is 0.292 e. The lowest BCUT2D eigenvalue weighted by Gasteiger charge is -2.35. The van der Waals surface area contributed by atoms with Gasteiger partial charge in [-0.3, -0.25) is 4.79 Å². The Bertz CT molecular complexity index is 294. The van der Waals surface area contributed by atoms with Crippen LogP contribution in [0.5, 0.6) is 0 Å². The van der Waals surface area contributed by atoms with Crippen molar-refractivity contribution in [1.82, 2.24) is 0 Å². The third-order valence-electron chi connectivity index (χ3n) is 4.06. The fourth-order valence-corrected chi connectivity index (χ4v) is 5.70. The van der Waals surface area contributed by atoms with E-state index in [4.69, 9.17) is 4.43 Å². The lowest BCUT2D eigenvalue weighted by atomic mass is 10.1. The molecular weight excluding hydrogens is 292 g/mol. The molecule has 1 heterocycles. The molecule has 0 aromatic carbocycles. The summed E-state index contributed by atoms with van der Waals surface area (Å²) in [6, 6.07) is 0. The largest absolute Gasteiger partial charge is 0.519 e. The number of carbonyl (C=O) groups is 1. The molecule has 1 unspecified atom stereocenters. The SMILES string of the molecule is CC(C)(C)[Si](C)(C)OC(=O)CCCCC1CCSS1. The zero-order chi connectivity index (χ0) is 14.5. The van der Waals surface area contributed by atoms with Crippen molar-refractivity contribution in [3.8, 4) is 0 Å². The van der Waals surface area contributed by atoms with E-state index in [0.717, 1.165) is 18.1 Å². The predicted octanol–water partition coefficient (Wildman–Crippen LogP) is 5.25. The molecule has 0 spiro atoms. The molecule has 112 valence electrons. The Morgan fingerprint density at radius 1 is 1.32 bits per heavy atom. The quantitative estimate of drug-likeness (QED) is 0.379. The highest BCUT2D eigenvalue weighted by atomic mass is 33.1. The Morgan fingerprint density at radius 2 is 2.00 bits per heavy atom. The summed E-state index contributed by atoms with van der Waals surface area (Å²) in [6.45, 7) is 10.8. The van der Waals surface area contributed by atoms with Crippen LogP contribution in [0.25, 0.3) is 0 Å². The summed E-state index contributed by atoms with van der Waals surface area (Å²) in [5.74, 6) is 1.31. The van der Waals surface area contributed by atoms with Gasteiger partial charge in [-0.25, -0.2) is 0 Å². The zero-order valence-electron chi connectivity index (χ0n) is 13.0. The molecule has 0 amide bonds. The lowest BCUT2D eigenvalue weighted by Crippen LogP contribution is -2.42. The van der Waals surface area contributed by atoms with Crippen molar-refractivity contribution in [1.29, 1.82) is 0 Å². The minimum absolute atomic E-state index is 0.0139. The molecule has 1 aliphatic heterocycles. The van der Waals surface area contributed by atoms with E-state index in [0.29, 0.717) is 6.42 Å². The van der Waals surface area contributed by atoms with Gasteiger partial charge in [0.2, 0.25) is 0 Å². The monoisotopic (exact) mass is 320 g/mol. The van der Waals surface area contributed by atoms with Gasteiger partial charge in [0.15, 0.2) is 0 Å². The minimum atomic E-state index is -1.91. The lowest BCUT2D eigenvalue weighted by molar-refractivity contribution is -0.135. The van der Waals surface area contributed by atoms with Gasteiger partial charge in [-0.1, -0.05) is 48.8 Å². The molecule has 1 aliphatic rings. The van der Waals surface area contributed by atoms with E-state index >= 15 is 0 Å². The van der Waals surface area contributed by atoms with Crippen LogP contribution in [-0.2, 0) is 9.22 Å². The molecule has 0 aromatic heterocycles. The van der Waals surface area contributed by atoms with Crippen LogP contribution in [-0.4, -0.2) is 25.3 Å². The van der Waals surface area contributed by atoms with Gasteiger partial charge in [-0.15, -0.1) is 0 Å². The summed E-state index contributed by atoms with van der Waals surface area (Å²) < 4.78 is 5.76. The van der Waals surface area contributed by atoms with Gasteiger partial charge in [0, 0.05) is 17.4 Å². The maximum atomic E-state index is 11.9. The molecule has 0 aliphatic carbocycles. The Balaban J connectivity index is 2.17. The van der Waals surface area contributed by atoms with Crippen LogP contribution in [0.1, 0.15) is 52.9 Å². The van der Waals surface area contributed by atoms with Crippen molar-refractivity contribution in [2.24, 2.45) is 0 Å². The Kier molecular flexibility index (Phi) is 6.80. The number of hydrogen-bond acceptors (Lipinski definition) is 4. The van der Waals surface area contributed by atoms with Gasteiger partial charge >= 0.3 is 0 Å². The standard InChI is InChI=1S/C14H28O2S2Si/c1-14(2,3)19(4,5)16-13(15)9-7-6-8-12-10-11-17-18-12/h12H,6-11H2,1-5H3. The molecule has 2 nitrogen and oxygen atoms in total. The molecule has 0 aromatic rings. The normalized spacial score (nSPS) is 20.6. The van der Waals surface area contributed by atoms with Crippen LogP contribution in [0.4, 0.5) is 0 Å². The minimum Gasteiger partial charge on any atom is -0.519 e. The first kappa shape index (κ1) is 17.4. The summed E-state index contributed by atoms with van der Waals surface area (Å²) in [6.07, 6.45) is 5.33. The molecule has 0 radical (unpaired) electrons. The zero-order valence-corrected chi connectivity index (χ0v) is 15.6. The van der Waals surface area contributed by atoms with Crippen LogP contribution in [0, 0.1) is 0 Å². The van der Waals surface area contributed by atoms with Gasteiger partial charge in [0.1, 0.15) is 0 Å². The second-order valence-electron chi connectivity index (χ2n) is 6.81. The second-order valence-corrected chi connectivity index (χ2v) is 14.3. The highest BCUT2D eigenvalue weighted by Crippen LogP contribution is 2.40. The van der Waals surface area contributed by atoms with Gasteiger partial charge in [-0.05, 0) is 37.4 Å². The van der Waals surface area contributed by atoms with Gasteiger partial charge in [0.05, 0.1) is 0 Å². The molecule has 1 rings (SSSR count). The Hall–Kier alpha value is 0.387. The Labute approximate surface area is 127 Å². The van der Waals surface area contributed by atoms with Crippen molar-refractivity contribution in [3.05, 3.63) is 0 Å². The third kappa shape index (κ3) is 6.13. The molecule has 1 fully saturated rings. The first-order chi connectivity index (χ1) is 8.72. The van der Waals surface area contributed by atoms with Crippen molar-refractivity contribution < 1.29 is 9.22 Å². The molecule has 5 heteroatoms. The molecule has 19 heavy (non-hydrogen) atoms. The first-order valence-electron chi connectivity index (χ1n) is 7.22. The number of unbranched alkanes of at least 4 members (excludes halogenated alkanes) is 1. The molecule has 0 N–H and O–H groups in total. The summed E-state index contributed by atoms with van der Waals surface area (Å²) in [7, 11) is 2.10. The highest BCUT2D eigenvalue weighted by Gasteiger charge is 2.40. The third-order valence-corrected chi connectivity index (χ3v) is 11.4. The average Bonchev–Trinajstić information content (AvgIpc) is 2.75. The van der Waals surface area contributed by atoms with Gasteiger partial charge in [-0.2, -0.15) is 0 Å². The predicted molar refractivity (Wildman–Crippen MR) is 90.2 cm³/mol. The Morgan fingerprint density at radius 3 is 2.53 bits per heavy atom. The van der Waals surface area contributed by atoms with E-state index < -0.39 is 8.32 Å².